The maximum absolute atomic E-state index is 12.9. The molecular weight excluding hydrogens is 188 g/mol. The SMILES string of the molecule is Fc1ncn(F)c1Nc1ccccc1. The van der Waals surface area contributed by atoms with Gasteiger partial charge < -0.3 is 5.32 Å². The van der Waals surface area contributed by atoms with E-state index in [1.807, 2.05) is 6.07 Å². The molecule has 1 aromatic carbocycles. The molecule has 5 heteroatoms. The van der Waals surface area contributed by atoms with Crippen molar-refractivity contribution in [3.8, 4) is 0 Å². The number of nitrogens with zero attached hydrogens (tertiary/aromatic N) is 2. The van der Waals surface area contributed by atoms with Crippen LogP contribution >= 0.6 is 0 Å². The van der Waals surface area contributed by atoms with Gasteiger partial charge >= 0.3 is 0 Å². The van der Waals surface area contributed by atoms with Gasteiger partial charge in [0, 0.05) is 5.69 Å². The summed E-state index contributed by atoms with van der Waals surface area (Å²) in [6.07, 6.45) is 0.764. The smallest absolute Gasteiger partial charge is 0.258 e. The Hall–Kier alpha value is -1.91. The van der Waals surface area contributed by atoms with E-state index in [0.29, 0.717) is 5.69 Å². The summed E-state index contributed by atoms with van der Waals surface area (Å²) in [6.45, 7) is 0. The number of benzene rings is 1. The molecule has 0 fully saturated rings. The van der Waals surface area contributed by atoms with Gasteiger partial charge in [0.05, 0.1) is 0 Å². The number of rotatable bonds is 2. The van der Waals surface area contributed by atoms with Crippen LogP contribution in [-0.4, -0.2) is 9.77 Å². The van der Waals surface area contributed by atoms with Crippen LogP contribution in [0.25, 0.3) is 0 Å². The fraction of sp³-hybridized carbons (Fsp3) is 0. The van der Waals surface area contributed by atoms with E-state index in [4.69, 9.17) is 0 Å². The van der Waals surface area contributed by atoms with E-state index in [-0.39, 0.29) is 10.6 Å². The molecule has 0 bridgehead atoms. The average molecular weight is 195 g/mol. The zero-order valence-electron chi connectivity index (χ0n) is 7.11. The topological polar surface area (TPSA) is 29.9 Å². The van der Waals surface area contributed by atoms with Gasteiger partial charge in [-0.3, -0.25) is 0 Å². The van der Waals surface area contributed by atoms with Gasteiger partial charge in [0.25, 0.3) is 5.95 Å². The minimum Gasteiger partial charge on any atom is -0.336 e. The number of anilines is 2. The number of halogens is 2. The van der Waals surface area contributed by atoms with Crippen LogP contribution in [0.15, 0.2) is 36.7 Å². The number of nitrogens with one attached hydrogen (secondary N) is 1. The molecule has 2 aromatic rings. The van der Waals surface area contributed by atoms with Crippen molar-refractivity contribution in [1.82, 2.24) is 9.77 Å². The summed E-state index contributed by atoms with van der Waals surface area (Å²) in [5.74, 6) is -1.16. The number of para-hydroxylation sites is 1. The summed E-state index contributed by atoms with van der Waals surface area (Å²) in [5.41, 5.74) is 0.603. The second-order valence-corrected chi connectivity index (χ2v) is 2.69. The second kappa shape index (κ2) is 3.45. The van der Waals surface area contributed by atoms with Crippen molar-refractivity contribution >= 4 is 11.5 Å². The van der Waals surface area contributed by atoms with Crippen molar-refractivity contribution in [2.45, 2.75) is 0 Å². The molecule has 3 nitrogen and oxygen atoms in total. The van der Waals surface area contributed by atoms with E-state index >= 15 is 0 Å². The molecule has 0 amide bonds. The summed E-state index contributed by atoms with van der Waals surface area (Å²) in [5, 5.41) is 2.57. The lowest BCUT2D eigenvalue weighted by atomic mass is 10.3. The van der Waals surface area contributed by atoms with Crippen LogP contribution < -0.4 is 5.32 Å². The number of aromatic nitrogens is 2. The first-order chi connectivity index (χ1) is 6.77. The van der Waals surface area contributed by atoms with Crippen molar-refractivity contribution in [1.29, 1.82) is 0 Å². The molecule has 14 heavy (non-hydrogen) atoms. The first kappa shape index (κ1) is 8.68. The molecule has 0 saturated heterocycles. The Bertz CT molecular complexity index is 405. The summed E-state index contributed by atoms with van der Waals surface area (Å²) in [4.78, 5) is 3.27. The average Bonchev–Trinajstić information content (AvgIpc) is 2.51. The second-order valence-electron chi connectivity index (χ2n) is 2.69. The maximum atomic E-state index is 12.9. The molecule has 0 spiro atoms. The van der Waals surface area contributed by atoms with E-state index in [0.717, 1.165) is 6.33 Å². The lowest BCUT2D eigenvalue weighted by molar-refractivity contribution is 0.373. The van der Waals surface area contributed by atoms with Crippen LogP contribution in [-0.2, 0) is 0 Å². The van der Waals surface area contributed by atoms with Gasteiger partial charge in [0.1, 0.15) is 6.33 Å². The highest BCUT2D eigenvalue weighted by Gasteiger charge is 2.09. The Labute approximate surface area is 78.9 Å². The van der Waals surface area contributed by atoms with Gasteiger partial charge in [-0.1, -0.05) is 22.7 Å². The summed E-state index contributed by atoms with van der Waals surface area (Å²) in [6, 6.07) is 8.74. The summed E-state index contributed by atoms with van der Waals surface area (Å²) in [7, 11) is 0. The Balaban J connectivity index is 2.27. The fourth-order valence-corrected chi connectivity index (χ4v) is 1.07. The monoisotopic (exact) mass is 195 g/mol. The molecule has 0 radical (unpaired) electrons. The third-order valence-electron chi connectivity index (χ3n) is 1.72. The standard InChI is InChI=1S/C9H7F2N3/c10-8-9(14(11)6-12-8)13-7-4-2-1-3-5-7/h1-6,13H. The molecule has 1 N–H and O–H groups in total. The van der Waals surface area contributed by atoms with E-state index < -0.39 is 5.95 Å². The van der Waals surface area contributed by atoms with Crippen molar-refractivity contribution in [2.24, 2.45) is 0 Å². The van der Waals surface area contributed by atoms with Gasteiger partial charge in [0.2, 0.25) is 0 Å². The highest BCUT2D eigenvalue weighted by Crippen LogP contribution is 2.18. The minimum absolute atomic E-state index is 0.0995. The number of hydrogen-bond acceptors (Lipinski definition) is 2. The van der Waals surface area contributed by atoms with Gasteiger partial charge in [-0.25, -0.2) is 4.98 Å². The fourth-order valence-electron chi connectivity index (χ4n) is 1.07. The van der Waals surface area contributed by atoms with Crippen LogP contribution in [0.3, 0.4) is 0 Å². The Morgan fingerprint density at radius 2 is 1.93 bits per heavy atom. The van der Waals surface area contributed by atoms with E-state index in [1.165, 1.54) is 0 Å². The Kier molecular flexibility index (Phi) is 2.14. The molecule has 0 aliphatic carbocycles. The van der Waals surface area contributed by atoms with Gasteiger partial charge in [-0.2, -0.15) is 4.39 Å². The van der Waals surface area contributed by atoms with Crippen LogP contribution in [0.4, 0.5) is 20.4 Å². The van der Waals surface area contributed by atoms with Crippen LogP contribution in [0.2, 0.25) is 0 Å². The minimum atomic E-state index is -0.864. The third-order valence-corrected chi connectivity index (χ3v) is 1.72. The zero-order valence-corrected chi connectivity index (χ0v) is 7.11. The number of imidazole rings is 1. The lowest BCUT2D eigenvalue weighted by Gasteiger charge is -2.03. The highest BCUT2D eigenvalue weighted by atomic mass is 19.2. The van der Waals surface area contributed by atoms with E-state index in [2.05, 4.69) is 10.3 Å². The van der Waals surface area contributed by atoms with Gasteiger partial charge in [-0.05, 0) is 12.1 Å². The normalized spacial score (nSPS) is 10.1. The van der Waals surface area contributed by atoms with Crippen molar-refractivity contribution in [3.05, 3.63) is 42.6 Å². The highest BCUT2D eigenvalue weighted by molar-refractivity contribution is 5.55. The Morgan fingerprint density at radius 1 is 1.21 bits per heavy atom. The van der Waals surface area contributed by atoms with Crippen LogP contribution in [0.5, 0.6) is 0 Å². The number of hydrogen-bond donors (Lipinski definition) is 1. The Morgan fingerprint density at radius 3 is 2.50 bits per heavy atom. The molecule has 2 rings (SSSR count). The molecule has 0 unspecified atom stereocenters. The maximum Gasteiger partial charge on any atom is 0.258 e. The van der Waals surface area contributed by atoms with E-state index in [1.54, 1.807) is 24.3 Å². The van der Waals surface area contributed by atoms with Crippen LogP contribution in [0, 0.1) is 5.95 Å². The van der Waals surface area contributed by atoms with Crippen LogP contribution in [0.1, 0.15) is 0 Å². The summed E-state index contributed by atoms with van der Waals surface area (Å²) < 4.78 is 25.7. The summed E-state index contributed by atoms with van der Waals surface area (Å²) >= 11 is 0. The molecule has 0 aliphatic heterocycles. The first-order valence-corrected chi connectivity index (χ1v) is 3.98. The third kappa shape index (κ3) is 1.56. The van der Waals surface area contributed by atoms with Gasteiger partial charge in [0.15, 0.2) is 5.82 Å². The predicted molar refractivity (Wildman–Crippen MR) is 48.4 cm³/mol. The van der Waals surface area contributed by atoms with Crippen molar-refractivity contribution in [3.63, 3.8) is 0 Å². The quantitative estimate of drug-likeness (QED) is 0.797. The molecule has 0 saturated carbocycles. The van der Waals surface area contributed by atoms with Gasteiger partial charge in [-0.15, -0.1) is 4.79 Å². The van der Waals surface area contributed by atoms with Crippen molar-refractivity contribution < 1.29 is 8.87 Å². The lowest BCUT2D eigenvalue weighted by Crippen LogP contribution is -1.96. The molecule has 0 aliphatic rings. The zero-order chi connectivity index (χ0) is 9.97. The van der Waals surface area contributed by atoms with E-state index in [9.17, 15) is 8.87 Å². The molecule has 72 valence electrons. The molecule has 1 heterocycles. The largest absolute Gasteiger partial charge is 0.336 e. The van der Waals surface area contributed by atoms with Crippen molar-refractivity contribution in [2.75, 3.05) is 5.32 Å². The molecule has 0 atom stereocenters. The molecule has 1 aromatic heterocycles. The predicted octanol–water partition coefficient (Wildman–Crippen LogP) is 2.50. The first-order valence-electron chi connectivity index (χ1n) is 3.98. The molecular formula is C9H7F2N3.